The van der Waals surface area contributed by atoms with Gasteiger partial charge in [0.1, 0.15) is 6.61 Å². The standard InChI is InChI=1S/C30H57O11P/c1-3-5-7-9-11-13-15-17-19-21-28(32)38-24-26(25-39-42(36,37)41-27(23-31)30(34)35)40-29(33)22-20-18-16-14-12-10-8-6-4-2/h26-27,31H,3-25H2,1-2H3,(H,34,35)(H,36,37)/t26-,27?/m1/s1. The Kier molecular flexibility index (Phi) is 26.1. The second-order valence-corrected chi connectivity index (χ2v) is 12.2. The number of rotatable bonds is 30. The van der Waals surface area contributed by atoms with Gasteiger partial charge in [0.25, 0.3) is 0 Å². The number of carbonyl (C=O) groups excluding carboxylic acids is 2. The first-order chi connectivity index (χ1) is 20.1. The number of phosphoric acid groups is 1. The molecule has 0 rings (SSSR count). The van der Waals surface area contributed by atoms with E-state index in [4.69, 9.17) is 24.2 Å². The quantitative estimate of drug-likeness (QED) is 0.0434. The maximum absolute atomic E-state index is 12.4. The monoisotopic (exact) mass is 624 g/mol. The van der Waals surface area contributed by atoms with Gasteiger partial charge in [-0.05, 0) is 12.8 Å². The zero-order valence-corrected chi connectivity index (χ0v) is 26.9. The van der Waals surface area contributed by atoms with Crippen LogP contribution in [0.15, 0.2) is 0 Å². The Morgan fingerprint density at radius 2 is 1.10 bits per heavy atom. The minimum absolute atomic E-state index is 0.137. The highest BCUT2D eigenvalue weighted by Gasteiger charge is 2.32. The van der Waals surface area contributed by atoms with E-state index in [1.807, 2.05) is 0 Å². The van der Waals surface area contributed by atoms with Crippen molar-refractivity contribution >= 4 is 25.7 Å². The normalized spacial score (nSPS) is 14.2. The van der Waals surface area contributed by atoms with Crippen LogP contribution in [0.1, 0.15) is 142 Å². The van der Waals surface area contributed by atoms with Gasteiger partial charge >= 0.3 is 25.7 Å². The van der Waals surface area contributed by atoms with Crippen LogP contribution in [0.25, 0.3) is 0 Å². The molecule has 11 nitrogen and oxygen atoms in total. The van der Waals surface area contributed by atoms with Crippen molar-refractivity contribution in [2.45, 2.75) is 154 Å². The average molecular weight is 625 g/mol. The topological polar surface area (TPSA) is 166 Å². The Labute approximate surface area is 252 Å². The van der Waals surface area contributed by atoms with Crippen LogP contribution in [-0.2, 0) is 37.5 Å². The molecule has 0 aromatic heterocycles. The molecule has 0 aliphatic carbocycles. The molecule has 0 spiro atoms. The third kappa shape index (κ3) is 25.0. The average Bonchev–Trinajstić information content (AvgIpc) is 2.95. The van der Waals surface area contributed by atoms with Crippen molar-refractivity contribution < 1.29 is 52.6 Å². The van der Waals surface area contributed by atoms with Gasteiger partial charge in [-0.25, -0.2) is 9.36 Å². The van der Waals surface area contributed by atoms with E-state index in [2.05, 4.69) is 18.4 Å². The minimum Gasteiger partial charge on any atom is -0.479 e. The maximum Gasteiger partial charge on any atom is 0.473 e. The van der Waals surface area contributed by atoms with Crippen LogP contribution in [0.2, 0.25) is 0 Å². The summed E-state index contributed by atoms with van der Waals surface area (Å²) in [5, 5.41) is 18.0. The summed E-state index contributed by atoms with van der Waals surface area (Å²) in [5.74, 6) is -2.69. The molecule has 0 fully saturated rings. The fourth-order valence-electron chi connectivity index (χ4n) is 4.30. The molecule has 0 aromatic carbocycles. The number of aliphatic hydroxyl groups is 1. The molecule has 12 heteroatoms. The van der Waals surface area contributed by atoms with Crippen LogP contribution in [0.5, 0.6) is 0 Å². The van der Waals surface area contributed by atoms with Crippen molar-refractivity contribution in [3.8, 4) is 0 Å². The summed E-state index contributed by atoms with van der Waals surface area (Å²) < 4.78 is 32.0. The Morgan fingerprint density at radius 3 is 1.52 bits per heavy atom. The summed E-state index contributed by atoms with van der Waals surface area (Å²) in [6.07, 6.45) is 16.8. The van der Waals surface area contributed by atoms with Crippen molar-refractivity contribution in [1.82, 2.24) is 0 Å². The van der Waals surface area contributed by atoms with Crippen LogP contribution >= 0.6 is 7.82 Å². The zero-order chi connectivity index (χ0) is 31.5. The lowest BCUT2D eigenvalue weighted by atomic mass is 10.1. The van der Waals surface area contributed by atoms with Crippen LogP contribution in [-0.4, -0.2) is 65.0 Å². The summed E-state index contributed by atoms with van der Waals surface area (Å²) in [7, 11) is -4.92. The summed E-state index contributed by atoms with van der Waals surface area (Å²) >= 11 is 0. The zero-order valence-electron chi connectivity index (χ0n) is 26.0. The van der Waals surface area contributed by atoms with Gasteiger partial charge in [0.05, 0.1) is 13.2 Å². The van der Waals surface area contributed by atoms with Gasteiger partial charge in [-0.2, -0.15) is 0 Å². The molecule has 0 aromatic rings. The molecular formula is C30H57O11P. The van der Waals surface area contributed by atoms with E-state index in [1.54, 1.807) is 0 Å². The summed E-state index contributed by atoms with van der Waals surface area (Å²) in [6, 6.07) is 0. The van der Waals surface area contributed by atoms with Crippen molar-refractivity contribution in [2.24, 2.45) is 0 Å². The molecule has 0 bridgehead atoms. The number of ether oxygens (including phenoxy) is 2. The number of aliphatic hydroxyl groups excluding tert-OH is 1. The number of hydrogen-bond acceptors (Lipinski definition) is 9. The van der Waals surface area contributed by atoms with Gasteiger partial charge in [-0.15, -0.1) is 0 Å². The fourth-order valence-corrected chi connectivity index (χ4v) is 5.20. The van der Waals surface area contributed by atoms with Gasteiger partial charge in [0.2, 0.25) is 0 Å². The largest absolute Gasteiger partial charge is 0.479 e. The summed E-state index contributed by atoms with van der Waals surface area (Å²) in [6.45, 7) is 2.27. The molecule has 0 aliphatic heterocycles. The number of carbonyl (C=O) groups is 3. The third-order valence-corrected chi connectivity index (χ3v) is 7.82. The number of unbranched alkanes of at least 4 members (excludes halogenated alkanes) is 16. The third-order valence-electron chi connectivity index (χ3n) is 6.82. The van der Waals surface area contributed by atoms with Gasteiger partial charge < -0.3 is 24.6 Å². The molecule has 2 unspecified atom stereocenters. The van der Waals surface area contributed by atoms with Gasteiger partial charge in [-0.1, -0.05) is 117 Å². The molecule has 0 saturated carbocycles. The molecule has 3 N–H and O–H groups in total. The van der Waals surface area contributed by atoms with E-state index in [0.29, 0.717) is 12.8 Å². The minimum atomic E-state index is -4.92. The van der Waals surface area contributed by atoms with E-state index < -0.39 is 51.2 Å². The number of hydrogen-bond donors (Lipinski definition) is 3. The van der Waals surface area contributed by atoms with Gasteiger partial charge in [0, 0.05) is 12.8 Å². The molecule has 3 atom stereocenters. The number of aliphatic carboxylic acids is 1. The highest BCUT2D eigenvalue weighted by molar-refractivity contribution is 7.47. The first-order valence-electron chi connectivity index (χ1n) is 16.0. The summed E-state index contributed by atoms with van der Waals surface area (Å²) in [4.78, 5) is 45.5. The van der Waals surface area contributed by atoms with Crippen molar-refractivity contribution in [3.63, 3.8) is 0 Å². The molecule has 0 heterocycles. The van der Waals surface area contributed by atoms with E-state index in [0.717, 1.165) is 38.5 Å². The lowest BCUT2D eigenvalue weighted by molar-refractivity contribution is -0.161. The Morgan fingerprint density at radius 1 is 0.667 bits per heavy atom. The summed E-state index contributed by atoms with van der Waals surface area (Å²) in [5.41, 5.74) is 0. The van der Waals surface area contributed by atoms with Crippen LogP contribution in [0.4, 0.5) is 0 Å². The molecule has 0 aliphatic rings. The number of esters is 2. The second-order valence-electron chi connectivity index (χ2n) is 10.8. The fraction of sp³-hybridized carbons (Fsp3) is 0.900. The first kappa shape index (κ1) is 40.5. The van der Waals surface area contributed by atoms with Crippen molar-refractivity contribution in [2.75, 3.05) is 19.8 Å². The highest BCUT2D eigenvalue weighted by Crippen LogP contribution is 2.44. The second kappa shape index (κ2) is 27.1. The van der Waals surface area contributed by atoms with E-state index in [1.165, 1.54) is 64.2 Å². The smallest absolute Gasteiger partial charge is 0.473 e. The van der Waals surface area contributed by atoms with Crippen LogP contribution in [0, 0.1) is 0 Å². The number of phosphoric ester groups is 1. The number of carboxylic acid groups (broad SMARTS) is 1. The molecule has 0 saturated heterocycles. The molecule has 248 valence electrons. The molecule has 0 amide bonds. The van der Waals surface area contributed by atoms with Crippen molar-refractivity contribution in [1.29, 1.82) is 0 Å². The van der Waals surface area contributed by atoms with Crippen LogP contribution in [0.3, 0.4) is 0 Å². The SMILES string of the molecule is CCCCCCCCCCCC(=O)OC[C@H](COP(=O)(O)OC(CO)C(=O)O)OC(=O)CCCCCCCCCCC. The predicted molar refractivity (Wildman–Crippen MR) is 160 cm³/mol. The van der Waals surface area contributed by atoms with Gasteiger partial charge in [0.15, 0.2) is 12.2 Å². The predicted octanol–water partition coefficient (Wildman–Crippen LogP) is 6.86. The highest BCUT2D eigenvalue weighted by atomic mass is 31.2. The lowest BCUT2D eigenvalue weighted by Crippen LogP contribution is -2.31. The maximum atomic E-state index is 12.4. The lowest BCUT2D eigenvalue weighted by Gasteiger charge is -2.21. The van der Waals surface area contributed by atoms with Gasteiger partial charge in [-0.3, -0.25) is 18.6 Å². The Balaban J connectivity index is 4.59. The molecule has 0 radical (unpaired) electrons. The Bertz CT molecular complexity index is 747. The van der Waals surface area contributed by atoms with E-state index >= 15 is 0 Å². The van der Waals surface area contributed by atoms with E-state index in [9.17, 15) is 23.8 Å². The first-order valence-corrected chi connectivity index (χ1v) is 17.5. The van der Waals surface area contributed by atoms with E-state index in [-0.39, 0.29) is 19.4 Å². The Hall–Kier alpha value is -1.52. The number of carboxylic acids is 1. The van der Waals surface area contributed by atoms with Crippen molar-refractivity contribution in [3.05, 3.63) is 0 Å². The van der Waals surface area contributed by atoms with Crippen LogP contribution < -0.4 is 0 Å². The molecular weight excluding hydrogens is 567 g/mol. The molecule has 42 heavy (non-hydrogen) atoms.